The number of rotatable bonds is 1. The maximum atomic E-state index is 11.1. The minimum atomic E-state index is -0.631. The second-order valence-electron chi connectivity index (χ2n) is 2.23. The van der Waals surface area contributed by atoms with Gasteiger partial charge in [-0.05, 0) is 12.1 Å². The first-order chi connectivity index (χ1) is 5.63. The molecule has 5 nitrogen and oxygen atoms in total. The predicted octanol–water partition coefficient (Wildman–Crippen LogP) is -0.418. The smallest absolute Gasteiger partial charge is 0.286 e. The maximum absolute atomic E-state index is 11.1. The number of phenols is 1. The third-order valence-electron chi connectivity index (χ3n) is 1.37. The summed E-state index contributed by atoms with van der Waals surface area (Å²) in [4.78, 5) is 11.1. The minimum absolute atomic E-state index is 0.0856. The van der Waals surface area contributed by atoms with Gasteiger partial charge >= 0.3 is 0 Å². The molecule has 1 aromatic carbocycles. The van der Waals surface area contributed by atoms with Gasteiger partial charge in [-0.15, -0.1) is 0 Å². The highest BCUT2D eigenvalue weighted by Crippen LogP contribution is 2.15. The van der Waals surface area contributed by atoms with Gasteiger partial charge in [-0.1, -0.05) is 12.1 Å². The van der Waals surface area contributed by atoms with Crippen LogP contribution in [0.1, 0.15) is 10.4 Å². The Bertz CT molecular complexity index is 298. The van der Waals surface area contributed by atoms with E-state index in [1.165, 1.54) is 12.1 Å². The lowest BCUT2D eigenvalue weighted by Gasteiger charge is -2.09. The fourth-order valence-electron chi connectivity index (χ4n) is 0.794. The van der Waals surface area contributed by atoms with E-state index in [1.807, 2.05) is 0 Å². The lowest BCUT2D eigenvalue weighted by Crippen LogP contribution is -2.43. The van der Waals surface area contributed by atoms with Crippen molar-refractivity contribution >= 4 is 5.91 Å². The normalized spacial score (nSPS) is 9.50. The second-order valence-corrected chi connectivity index (χ2v) is 2.23. The van der Waals surface area contributed by atoms with E-state index in [0.717, 1.165) is 0 Å². The highest BCUT2D eigenvalue weighted by atomic mass is 16.3. The summed E-state index contributed by atoms with van der Waals surface area (Å²) >= 11 is 0. The Morgan fingerprint density at radius 2 is 1.92 bits per heavy atom. The number of hydrazine groups is 2. The number of aromatic hydroxyl groups is 1. The summed E-state index contributed by atoms with van der Waals surface area (Å²) in [5.41, 5.74) is 0.0856. The first kappa shape index (κ1) is 8.51. The molecule has 1 amide bonds. The van der Waals surface area contributed by atoms with Gasteiger partial charge in [-0.2, -0.15) is 0 Å². The van der Waals surface area contributed by atoms with Crippen LogP contribution in [0.25, 0.3) is 0 Å². The zero-order valence-corrected chi connectivity index (χ0v) is 6.27. The molecule has 5 heteroatoms. The largest absolute Gasteiger partial charge is 0.507 e. The molecule has 0 saturated heterocycles. The van der Waals surface area contributed by atoms with E-state index in [1.54, 1.807) is 12.1 Å². The molecule has 64 valence electrons. The Labute approximate surface area is 69.1 Å². The van der Waals surface area contributed by atoms with Crippen LogP contribution in [0.15, 0.2) is 24.3 Å². The van der Waals surface area contributed by atoms with Gasteiger partial charge in [-0.3, -0.25) is 4.79 Å². The number of amides is 1. The molecule has 1 aromatic rings. The van der Waals surface area contributed by atoms with Crippen molar-refractivity contribution in [1.82, 2.24) is 5.12 Å². The summed E-state index contributed by atoms with van der Waals surface area (Å²) in [6.07, 6.45) is 0. The van der Waals surface area contributed by atoms with Gasteiger partial charge in [0.2, 0.25) is 0 Å². The lowest BCUT2D eigenvalue weighted by atomic mass is 10.2. The molecule has 1 rings (SSSR count). The first-order valence-corrected chi connectivity index (χ1v) is 3.25. The summed E-state index contributed by atoms with van der Waals surface area (Å²) in [5.74, 6) is 9.21. The van der Waals surface area contributed by atoms with E-state index in [4.69, 9.17) is 11.7 Å². The van der Waals surface area contributed by atoms with Gasteiger partial charge in [0.25, 0.3) is 5.91 Å². The van der Waals surface area contributed by atoms with E-state index < -0.39 is 5.91 Å². The predicted molar refractivity (Wildman–Crippen MR) is 42.7 cm³/mol. The Hall–Kier alpha value is -1.59. The van der Waals surface area contributed by atoms with Gasteiger partial charge in [0, 0.05) is 0 Å². The number of nitrogens with two attached hydrogens (primary N) is 2. The fraction of sp³-hybridized carbons (Fsp3) is 0. The summed E-state index contributed by atoms with van der Waals surface area (Å²) in [6, 6.07) is 6.03. The molecule has 0 aliphatic heterocycles. The molecule has 0 bridgehead atoms. The fourth-order valence-corrected chi connectivity index (χ4v) is 0.794. The van der Waals surface area contributed by atoms with Crippen molar-refractivity contribution in [2.24, 2.45) is 11.7 Å². The van der Waals surface area contributed by atoms with E-state index in [0.29, 0.717) is 5.12 Å². The van der Waals surface area contributed by atoms with Crippen LogP contribution in [0.3, 0.4) is 0 Å². The molecule has 0 heterocycles. The van der Waals surface area contributed by atoms with Gasteiger partial charge in [-0.25, -0.2) is 16.8 Å². The van der Waals surface area contributed by atoms with Crippen LogP contribution in [0.5, 0.6) is 5.75 Å². The number of nitrogens with zero attached hydrogens (tertiary/aromatic N) is 1. The molecule has 0 spiro atoms. The molecule has 0 aliphatic rings. The SMILES string of the molecule is NN(N)C(=O)c1ccccc1O. The molecule has 0 aromatic heterocycles. The monoisotopic (exact) mass is 167 g/mol. The third kappa shape index (κ3) is 1.52. The van der Waals surface area contributed by atoms with Gasteiger partial charge in [0.1, 0.15) is 5.75 Å². The van der Waals surface area contributed by atoms with Gasteiger partial charge in [0.15, 0.2) is 0 Å². The number of carbonyl (C=O) groups is 1. The van der Waals surface area contributed by atoms with Crippen LogP contribution < -0.4 is 11.7 Å². The number of hydrogen-bond acceptors (Lipinski definition) is 4. The molecule has 12 heavy (non-hydrogen) atoms. The van der Waals surface area contributed by atoms with Crippen LogP contribution in [0.2, 0.25) is 0 Å². The quantitative estimate of drug-likeness (QED) is 0.301. The molecule has 0 saturated carbocycles. The van der Waals surface area contributed by atoms with Crippen LogP contribution in [0.4, 0.5) is 0 Å². The molecular weight excluding hydrogens is 158 g/mol. The summed E-state index contributed by atoms with van der Waals surface area (Å²) in [7, 11) is 0. The summed E-state index contributed by atoms with van der Waals surface area (Å²) in [5, 5.41) is 9.60. The van der Waals surface area contributed by atoms with E-state index in [-0.39, 0.29) is 11.3 Å². The van der Waals surface area contributed by atoms with Crippen molar-refractivity contribution in [1.29, 1.82) is 0 Å². The van der Waals surface area contributed by atoms with Gasteiger partial charge < -0.3 is 5.11 Å². The van der Waals surface area contributed by atoms with Crippen LogP contribution in [-0.4, -0.2) is 16.1 Å². The Balaban J connectivity index is 3.03. The molecule has 0 atom stereocenters. The van der Waals surface area contributed by atoms with E-state index in [9.17, 15) is 9.90 Å². The van der Waals surface area contributed by atoms with Crippen molar-refractivity contribution in [3.63, 3.8) is 0 Å². The molecule has 0 unspecified atom stereocenters. The lowest BCUT2D eigenvalue weighted by molar-refractivity contribution is 0.0752. The summed E-state index contributed by atoms with van der Waals surface area (Å²) in [6.45, 7) is 0. The Kier molecular flexibility index (Phi) is 2.27. The number of carbonyl (C=O) groups excluding carboxylic acids is 1. The van der Waals surface area contributed by atoms with Crippen LogP contribution >= 0.6 is 0 Å². The van der Waals surface area contributed by atoms with Crippen LogP contribution in [-0.2, 0) is 0 Å². The first-order valence-electron chi connectivity index (χ1n) is 3.25. The average Bonchev–Trinajstić information content (AvgIpc) is 2.04. The molecule has 5 N–H and O–H groups in total. The molecule has 0 radical (unpaired) electrons. The maximum Gasteiger partial charge on any atom is 0.286 e. The zero-order chi connectivity index (χ0) is 9.14. The highest BCUT2D eigenvalue weighted by molar-refractivity contribution is 5.95. The van der Waals surface area contributed by atoms with E-state index >= 15 is 0 Å². The molecule has 0 aliphatic carbocycles. The number of phenolic OH excluding ortho intramolecular Hbond substituents is 1. The minimum Gasteiger partial charge on any atom is -0.507 e. The average molecular weight is 167 g/mol. The molecular formula is C7H9N3O2. The second kappa shape index (κ2) is 3.21. The molecule has 0 fully saturated rings. The number of benzene rings is 1. The van der Waals surface area contributed by atoms with Crippen molar-refractivity contribution in [2.45, 2.75) is 0 Å². The topological polar surface area (TPSA) is 92.6 Å². The standard InChI is InChI=1S/C7H9N3O2/c8-10(9)7(12)5-3-1-2-4-6(5)11/h1-4,11H,8-9H2. The Morgan fingerprint density at radius 1 is 1.33 bits per heavy atom. The third-order valence-corrected chi connectivity index (χ3v) is 1.37. The zero-order valence-electron chi connectivity index (χ0n) is 6.27. The number of para-hydroxylation sites is 1. The van der Waals surface area contributed by atoms with Crippen molar-refractivity contribution in [3.8, 4) is 5.75 Å². The summed E-state index contributed by atoms with van der Waals surface area (Å²) < 4.78 is 0. The Morgan fingerprint density at radius 3 is 2.42 bits per heavy atom. The van der Waals surface area contributed by atoms with E-state index in [2.05, 4.69) is 0 Å². The number of hydrogen-bond donors (Lipinski definition) is 3. The van der Waals surface area contributed by atoms with Crippen LogP contribution in [0, 0.1) is 0 Å². The van der Waals surface area contributed by atoms with Gasteiger partial charge in [0.05, 0.1) is 5.56 Å². The van der Waals surface area contributed by atoms with Crippen molar-refractivity contribution in [2.75, 3.05) is 0 Å². The van der Waals surface area contributed by atoms with Crippen molar-refractivity contribution < 1.29 is 9.90 Å². The highest BCUT2D eigenvalue weighted by Gasteiger charge is 2.12. The van der Waals surface area contributed by atoms with Crippen molar-refractivity contribution in [3.05, 3.63) is 29.8 Å².